The molecule has 0 aliphatic carbocycles. The molecule has 0 fully saturated rings. The molecule has 5 heteroatoms. The number of halogens is 1. The van der Waals surface area contributed by atoms with Crippen molar-refractivity contribution in [1.29, 1.82) is 0 Å². The van der Waals surface area contributed by atoms with E-state index in [9.17, 15) is 9.18 Å². The Kier molecular flexibility index (Phi) is 3.64. The molecule has 0 saturated carbocycles. The monoisotopic (exact) mass is 262 g/mol. The van der Waals surface area contributed by atoms with Crippen LogP contribution in [-0.4, -0.2) is 15.6 Å². The second-order valence-electron chi connectivity index (χ2n) is 4.52. The van der Waals surface area contributed by atoms with Gasteiger partial charge in [0.1, 0.15) is 11.6 Å². The maximum Gasteiger partial charge on any atom is 0.166 e. The third-order valence-corrected chi connectivity index (χ3v) is 2.66. The molecule has 2 rings (SSSR count). The van der Waals surface area contributed by atoms with Gasteiger partial charge in [0.2, 0.25) is 0 Å². The molecule has 1 aromatic carbocycles. The van der Waals surface area contributed by atoms with Crippen LogP contribution >= 0.6 is 0 Å². The first-order valence-electron chi connectivity index (χ1n) is 6.00. The molecule has 0 spiro atoms. The molecule has 0 radical (unpaired) electrons. The van der Waals surface area contributed by atoms with Crippen molar-refractivity contribution in [2.45, 2.75) is 26.8 Å². The number of hydrogen-bond donors (Lipinski definition) is 0. The summed E-state index contributed by atoms with van der Waals surface area (Å²) >= 11 is 0. The lowest BCUT2D eigenvalue weighted by Crippen LogP contribution is -2.01. The fraction of sp³-hybridized carbons (Fsp3) is 0.286. The van der Waals surface area contributed by atoms with Crippen molar-refractivity contribution >= 4 is 5.78 Å². The lowest BCUT2D eigenvalue weighted by atomic mass is 10.1. The van der Waals surface area contributed by atoms with Crippen LogP contribution in [0.2, 0.25) is 0 Å². The van der Waals surface area contributed by atoms with Gasteiger partial charge < -0.3 is 4.74 Å². The molecule has 100 valence electrons. The fourth-order valence-electron chi connectivity index (χ4n) is 1.71. The number of hydrogen-bond acceptors (Lipinski definition) is 3. The number of benzene rings is 1. The van der Waals surface area contributed by atoms with E-state index in [1.54, 1.807) is 16.9 Å². The van der Waals surface area contributed by atoms with Crippen LogP contribution in [0.1, 0.15) is 37.2 Å². The first-order valence-corrected chi connectivity index (χ1v) is 6.00. The molecule has 0 bridgehead atoms. The topological polar surface area (TPSA) is 44.1 Å². The van der Waals surface area contributed by atoms with Crippen LogP contribution in [0.5, 0.6) is 11.5 Å². The van der Waals surface area contributed by atoms with Crippen LogP contribution in [-0.2, 0) is 0 Å². The number of rotatable bonds is 4. The Labute approximate surface area is 110 Å². The molecule has 4 nitrogen and oxygen atoms in total. The molecule has 0 unspecified atom stereocenters. The van der Waals surface area contributed by atoms with Crippen molar-refractivity contribution in [2.75, 3.05) is 0 Å². The van der Waals surface area contributed by atoms with Gasteiger partial charge in [0.05, 0.1) is 18.0 Å². The maximum atomic E-state index is 13.6. The van der Waals surface area contributed by atoms with Crippen molar-refractivity contribution in [3.63, 3.8) is 0 Å². The van der Waals surface area contributed by atoms with Crippen LogP contribution in [0.15, 0.2) is 30.6 Å². The highest BCUT2D eigenvalue weighted by Crippen LogP contribution is 2.27. The third-order valence-electron chi connectivity index (χ3n) is 2.66. The van der Waals surface area contributed by atoms with Gasteiger partial charge in [0, 0.05) is 6.04 Å². The smallest absolute Gasteiger partial charge is 0.166 e. The van der Waals surface area contributed by atoms with Gasteiger partial charge in [-0.15, -0.1) is 0 Å². The molecule has 1 heterocycles. The second kappa shape index (κ2) is 5.22. The van der Waals surface area contributed by atoms with E-state index < -0.39 is 5.82 Å². The van der Waals surface area contributed by atoms with E-state index in [-0.39, 0.29) is 23.1 Å². The SMILES string of the molecule is CC(=O)c1c(F)cccc1Oc1cnn(C(C)C)c1. The molecule has 0 aliphatic heterocycles. The van der Waals surface area contributed by atoms with Gasteiger partial charge in [-0.25, -0.2) is 4.39 Å². The average Bonchev–Trinajstić information content (AvgIpc) is 2.77. The molecular weight excluding hydrogens is 247 g/mol. The van der Waals surface area contributed by atoms with E-state index in [1.165, 1.54) is 25.3 Å². The van der Waals surface area contributed by atoms with Crippen LogP contribution in [0.3, 0.4) is 0 Å². The molecular formula is C14H15FN2O2. The zero-order chi connectivity index (χ0) is 14.0. The summed E-state index contributed by atoms with van der Waals surface area (Å²) in [5.74, 6) is -0.275. The van der Waals surface area contributed by atoms with Crippen LogP contribution in [0.4, 0.5) is 4.39 Å². The van der Waals surface area contributed by atoms with E-state index in [4.69, 9.17) is 4.74 Å². The highest BCUT2D eigenvalue weighted by Gasteiger charge is 2.15. The van der Waals surface area contributed by atoms with E-state index in [0.717, 1.165) is 0 Å². The minimum absolute atomic E-state index is 0.0419. The number of carbonyl (C=O) groups is 1. The lowest BCUT2D eigenvalue weighted by Gasteiger charge is -2.08. The molecule has 1 aromatic heterocycles. The van der Waals surface area contributed by atoms with E-state index in [0.29, 0.717) is 5.75 Å². The number of Topliss-reactive ketones (excluding diaryl/α,β-unsaturated/α-hetero) is 1. The van der Waals surface area contributed by atoms with E-state index >= 15 is 0 Å². The predicted octanol–water partition coefficient (Wildman–Crippen LogP) is 3.60. The van der Waals surface area contributed by atoms with Crippen molar-refractivity contribution in [1.82, 2.24) is 9.78 Å². The molecule has 0 N–H and O–H groups in total. The molecule has 2 aromatic rings. The fourth-order valence-corrected chi connectivity index (χ4v) is 1.71. The summed E-state index contributed by atoms with van der Waals surface area (Å²) in [6, 6.07) is 4.51. The largest absolute Gasteiger partial charge is 0.453 e. The Bertz CT molecular complexity index is 605. The van der Waals surface area contributed by atoms with Crippen molar-refractivity contribution in [3.05, 3.63) is 42.0 Å². The Balaban J connectivity index is 2.32. The lowest BCUT2D eigenvalue weighted by molar-refractivity contribution is 0.101. The number of carbonyl (C=O) groups excluding carboxylic acids is 1. The third kappa shape index (κ3) is 2.81. The molecule has 0 aliphatic rings. The predicted molar refractivity (Wildman–Crippen MR) is 69.1 cm³/mol. The minimum Gasteiger partial charge on any atom is -0.453 e. The minimum atomic E-state index is -0.582. The van der Waals surface area contributed by atoms with Gasteiger partial charge in [-0.3, -0.25) is 9.48 Å². The summed E-state index contributed by atoms with van der Waals surface area (Å²) in [6.45, 7) is 5.28. The average molecular weight is 262 g/mol. The van der Waals surface area contributed by atoms with E-state index in [2.05, 4.69) is 5.10 Å². The van der Waals surface area contributed by atoms with Crippen molar-refractivity contribution in [2.24, 2.45) is 0 Å². The van der Waals surface area contributed by atoms with Crippen LogP contribution in [0.25, 0.3) is 0 Å². The Morgan fingerprint density at radius 3 is 2.74 bits per heavy atom. The van der Waals surface area contributed by atoms with Gasteiger partial charge in [0.15, 0.2) is 11.5 Å². The number of ketones is 1. The number of ether oxygens (including phenoxy) is 1. The summed E-state index contributed by atoms with van der Waals surface area (Å²) in [6.07, 6.45) is 3.24. The van der Waals surface area contributed by atoms with Gasteiger partial charge in [-0.2, -0.15) is 5.10 Å². The molecule has 0 amide bonds. The van der Waals surface area contributed by atoms with E-state index in [1.807, 2.05) is 13.8 Å². The maximum absolute atomic E-state index is 13.6. The number of aromatic nitrogens is 2. The number of nitrogens with zero attached hydrogens (tertiary/aromatic N) is 2. The highest BCUT2D eigenvalue weighted by molar-refractivity contribution is 5.97. The van der Waals surface area contributed by atoms with Gasteiger partial charge in [0.25, 0.3) is 0 Å². The van der Waals surface area contributed by atoms with Gasteiger partial charge >= 0.3 is 0 Å². The van der Waals surface area contributed by atoms with Crippen molar-refractivity contribution in [3.8, 4) is 11.5 Å². The first-order chi connectivity index (χ1) is 8.99. The zero-order valence-corrected chi connectivity index (χ0v) is 11.1. The summed E-state index contributed by atoms with van der Waals surface area (Å²) in [5, 5.41) is 4.12. The quantitative estimate of drug-likeness (QED) is 0.791. The Morgan fingerprint density at radius 2 is 2.16 bits per heavy atom. The van der Waals surface area contributed by atoms with Crippen LogP contribution < -0.4 is 4.74 Å². The first kappa shape index (κ1) is 13.3. The highest BCUT2D eigenvalue weighted by atomic mass is 19.1. The normalized spacial score (nSPS) is 10.8. The van der Waals surface area contributed by atoms with Gasteiger partial charge in [-0.1, -0.05) is 6.07 Å². The van der Waals surface area contributed by atoms with Gasteiger partial charge in [-0.05, 0) is 32.9 Å². The zero-order valence-electron chi connectivity index (χ0n) is 11.1. The Morgan fingerprint density at radius 1 is 1.42 bits per heavy atom. The standard InChI is InChI=1S/C14H15FN2O2/c1-9(2)17-8-11(7-16-17)19-13-6-4-5-12(15)14(13)10(3)18/h4-9H,1-3H3. The summed E-state index contributed by atoms with van der Waals surface area (Å²) in [7, 11) is 0. The molecule has 0 saturated heterocycles. The second-order valence-corrected chi connectivity index (χ2v) is 4.52. The molecule has 19 heavy (non-hydrogen) atoms. The summed E-state index contributed by atoms with van der Waals surface area (Å²) in [4.78, 5) is 11.4. The Hall–Kier alpha value is -2.17. The summed E-state index contributed by atoms with van der Waals surface area (Å²) in [5.41, 5.74) is -0.0419. The van der Waals surface area contributed by atoms with Crippen molar-refractivity contribution < 1.29 is 13.9 Å². The molecule has 0 atom stereocenters. The summed E-state index contributed by atoms with van der Waals surface area (Å²) < 4.78 is 20.9. The van der Waals surface area contributed by atoms with Crippen LogP contribution in [0, 0.1) is 5.82 Å².